The van der Waals surface area contributed by atoms with Crippen molar-refractivity contribution in [2.75, 3.05) is 12.4 Å². The van der Waals surface area contributed by atoms with Crippen LogP contribution in [0.25, 0.3) is 11.0 Å². The standard InChI is InChI=1S/C17H24N2OS/c1-13(2)9-10-19-16-8-4-3-7-15(16)18-17(19)21-12-14-6-5-11-20-14/h3-4,7-8,13-14H,5-6,9-12H2,1-2H3. The van der Waals surface area contributed by atoms with E-state index in [-0.39, 0.29) is 0 Å². The minimum Gasteiger partial charge on any atom is -0.377 e. The van der Waals surface area contributed by atoms with E-state index in [0.717, 1.165) is 29.6 Å². The Morgan fingerprint density at radius 2 is 2.24 bits per heavy atom. The first-order valence-corrected chi connectivity index (χ1v) is 8.92. The highest BCUT2D eigenvalue weighted by atomic mass is 32.2. The number of aryl methyl sites for hydroxylation is 1. The number of nitrogens with zero attached hydrogens (tertiary/aromatic N) is 2. The third kappa shape index (κ3) is 3.61. The summed E-state index contributed by atoms with van der Waals surface area (Å²) in [5.41, 5.74) is 2.36. The fraction of sp³-hybridized carbons (Fsp3) is 0.588. The van der Waals surface area contributed by atoms with Crippen molar-refractivity contribution in [2.45, 2.75) is 50.9 Å². The quantitative estimate of drug-likeness (QED) is 0.742. The topological polar surface area (TPSA) is 27.1 Å². The Labute approximate surface area is 131 Å². The normalized spacial score (nSPS) is 18.9. The lowest BCUT2D eigenvalue weighted by atomic mass is 10.1. The second-order valence-corrected chi connectivity index (χ2v) is 7.15. The van der Waals surface area contributed by atoms with Gasteiger partial charge < -0.3 is 9.30 Å². The lowest BCUT2D eigenvalue weighted by molar-refractivity contribution is 0.129. The Morgan fingerprint density at radius 3 is 3.00 bits per heavy atom. The summed E-state index contributed by atoms with van der Waals surface area (Å²) in [6.45, 7) is 6.53. The predicted octanol–water partition coefficient (Wildman–Crippen LogP) is 4.35. The second kappa shape index (κ2) is 6.84. The summed E-state index contributed by atoms with van der Waals surface area (Å²) in [7, 11) is 0. The molecule has 0 spiro atoms. The summed E-state index contributed by atoms with van der Waals surface area (Å²) < 4.78 is 8.11. The lowest BCUT2D eigenvalue weighted by Crippen LogP contribution is -2.09. The number of hydrogen-bond donors (Lipinski definition) is 0. The van der Waals surface area contributed by atoms with Gasteiger partial charge in [0.15, 0.2) is 5.16 Å². The van der Waals surface area contributed by atoms with Crippen LogP contribution in [-0.2, 0) is 11.3 Å². The molecule has 0 bridgehead atoms. The minimum absolute atomic E-state index is 0.411. The van der Waals surface area contributed by atoms with E-state index < -0.39 is 0 Å². The minimum atomic E-state index is 0.411. The first-order valence-electron chi connectivity index (χ1n) is 7.93. The van der Waals surface area contributed by atoms with Gasteiger partial charge in [-0.15, -0.1) is 0 Å². The summed E-state index contributed by atoms with van der Waals surface area (Å²) in [6.07, 6.45) is 4.00. The van der Waals surface area contributed by atoms with Gasteiger partial charge in [-0.05, 0) is 37.3 Å². The molecule has 114 valence electrons. The van der Waals surface area contributed by atoms with Crippen LogP contribution in [0.5, 0.6) is 0 Å². The Kier molecular flexibility index (Phi) is 4.86. The van der Waals surface area contributed by atoms with Crippen LogP contribution in [0.1, 0.15) is 33.1 Å². The van der Waals surface area contributed by atoms with Gasteiger partial charge in [-0.1, -0.05) is 37.7 Å². The number of thioether (sulfide) groups is 1. The molecule has 1 aromatic heterocycles. The zero-order valence-electron chi connectivity index (χ0n) is 12.9. The van der Waals surface area contributed by atoms with Gasteiger partial charge in [-0.3, -0.25) is 0 Å². The monoisotopic (exact) mass is 304 g/mol. The highest BCUT2D eigenvalue weighted by Crippen LogP contribution is 2.27. The molecule has 0 radical (unpaired) electrons. The molecule has 4 heteroatoms. The van der Waals surface area contributed by atoms with Gasteiger partial charge in [-0.25, -0.2) is 4.98 Å². The van der Waals surface area contributed by atoms with Crippen molar-refractivity contribution in [1.82, 2.24) is 9.55 Å². The second-order valence-electron chi connectivity index (χ2n) is 6.16. The average Bonchev–Trinajstić information content (AvgIpc) is 3.10. The van der Waals surface area contributed by atoms with Gasteiger partial charge in [0.25, 0.3) is 0 Å². The highest BCUT2D eigenvalue weighted by Gasteiger charge is 2.18. The lowest BCUT2D eigenvalue weighted by Gasteiger charge is -2.12. The van der Waals surface area contributed by atoms with Gasteiger partial charge in [0.1, 0.15) is 0 Å². The van der Waals surface area contributed by atoms with Crippen LogP contribution in [0.2, 0.25) is 0 Å². The van der Waals surface area contributed by atoms with Crippen LogP contribution in [0.3, 0.4) is 0 Å². The maximum Gasteiger partial charge on any atom is 0.169 e. The summed E-state index contributed by atoms with van der Waals surface area (Å²) in [5.74, 6) is 1.73. The Balaban J connectivity index is 1.79. The third-order valence-corrected chi connectivity index (χ3v) is 5.08. The first-order chi connectivity index (χ1) is 10.2. The number of benzene rings is 1. The molecule has 1 aromatic carbocycles. The first kappa shape index (κ1) is 14.9. The molecule has 0 amide bonds. The number of rotatable bonds is 6. The molecule has 2 heterocycles. The smallest absolute Gasteiger partial charge is 0.169 e. The largest absolute Gasteiger partial charge is 0.377 e. The van der Waals surface area contributed by atoms with Gasteiger partial charge in [0, 0.05) is 18.9 Å². The molecule has 1 atom stereocenters. The maximum atomic E-state index is 5.73. The Morgan fingerprint density at radius 1 is 1.38 bits per heavy atom. The molecule has 1 aliphatic heterocycles. The van der Waals surface area contributed by atoms with Gasteiger partial charge in [-0.2, -0.15) is 0 Å². The summed E-state index contributed by atoms with van der Waals surface area (Å²) in [5, 5.41) is 1.15. The molecule has 1 saturated heterocycles. The van der Waals surface area contributed by atoms with Crippen LogP contribution in [-0.4, -0.2) is 28.0 Å². The fourth-order valence-electron chi connectivity index (χ4n) is 2.71. The maximum absolute atomic E-state index is 5.73. The summed E-state index contributed by atoms with van der Waals surface area (Å²) >= 11 is 1.85. The van der Waals surface area contributed by atoms with Crippen LogP contribution in [0, 0.1) is 5.92 Å². The summed E-state index contributed by atoms with van der Waals surface area (Å²) in [4.78, 5) is 4.82. The zero-order chi connectivity index (χ0) is 14.7. The van der Waals surface area contributed by atoms with Crippen LogP contribution in [0.15, 0.2) is 29.4 Å². The molecule has 21 heavy (non-hydrogen) atoms. The average molecular weight is 304 g/mol. The molecule has 1 aliphatic rings. The SMILES string of the molecule is CC(C)CCn1c(SCC2CCCO2)nc2ccccc21. The Hall–Kier alpha value is -1.00. The molecule has 1 fully saturated rings. The van der Waals surface area contributed by atoms with Crippen molar-refractivity contribution >= 4 is 22.8 Å². The number of aromatic nitrogens is 2. The fourth-order valence-corrected chi connectivity index (χ4v) is 3.82. The Bertz CT molecular complexity index is 587. The molecule has 3 rings (SSSR count). The van der Waals surface area contributed by atoms with E-state index in [2.05, 4.69) is 42.7 Å². The number of para-hydroxylation sites is 2. The van der Waals surface area contributed by atoms with E-state index >= 15 is 0 Å². The molecule has 3 nitrogen and oxygen atoms in total. The van der Waals surface area contributed by atoms with E-state index in [4.69, 9.17) is 9.72 Å². The van der Waals surface area contributed by atoms with Crippen molar-refractivity contribution in [2.24, 2.45) is 5.92 Å². The van der Waals surface area contributed by atoms with E-state index in [1.807, 2.05) is 11.8 Å². The van der Waals surface area contributed by atoms with Crippen molar-refractivity contribution < 1.29 is 4.74 Å². The molecule has 1 unspecified atom stereocenters. The van der Waals surface area contributed by atoms with Crippen molar-refractivity contribution in [1.29, 1.82) is 0 Å². The zero-order valence-corrected chi connectivity index (χ0v) is 13.7. The molecule has 0 N–H and O–H groups in total. The van der Waals surface area contributed by atoms with Crippen molar-refractivity contribution in [3.63, 3.8) is 0 Å². The molecule has 0 aliphatic carbocycles. The predicted molar refractivity (Wildman–Crippen MR) is 88.9 cm³/mol. The molecular formula is C17H24N2OS. The van der Waals surface area contributed by atoms with E-state index in [1.54, 1.807) is 0 Å². The van der Waals surface area contributed by atoms with Gasteiger partial charge >= 0.3 is 0 Å². The van der Waals surface area contributed by atoms with Gasteiger partial charge in [0.2, 0.25) is 0 Å². The number of hydrogen-bond acceptors (Lipinski definition) is 3. The van der Waals surface area contributed by atoms with E-state index in [1.165, 1.54) is 24.8 Å². The third-order valence-electron chi connectivity index (χ3n) is 3.97. The summed E-state index contributed by atoms with van der Waals surface area (Å²) in [6, 6.07) is 8.46. The molecule has 0 saturated carbocycles. The van der Waals surface area contributed by atoms with Gasteiger partial charge in [0.05, 0.1) is 17.1 Å². The van der Waals surface area contributed by atoms with Crippen LogP contribution < -0.4 is 0 Å². The highest BCUT2D eigenvalue weighted by molar-refractivity contribution is 7.99. The number of fused-ring (bicyclic) bond motifs is 1. The van der Waals surface area contributed by atoms with E-state index in [0.29, 0.717) is 12.0 Å². The van der Waals surface area contributed by atoms with E-state index in [9.17, 15) is 0 Å². The van der Waals surface area contributed by atoms with Crippen LogP contribution in [0.4, 0.5) is 0 Å². The van der Waals surface area contributed by atoms with Crippen molar-refractivity contribution in [3.8, 4) is 0 Å². The molecular weight excluding hydrogens is 280 g/mol. The number of ether oxygens (including phenoxy) is 1. The van der Waals surface area contributed by atoms with Crippen molar-refractivity contribution in [3.05, 3.63) is 24.3 Å². The number of imidazole rings is 1. The molecule has 2 aromatic rings. The van der Waals surface area contributed by atoms with Crippen LogP contribution >= 0.6 is 11.8 Å².